The number of ketones is 1. The summed E-state index contributed by atoms with van der Waals surface area (Å²) in [5, 5.41) is 11.4. The van der Waals surface area contributed by atoms with Gasteiger partial charge >= 0.3 is 0 Å². The van der Waals surface area contributed by atoms with Crippen LogP contribution in [0.2, 0.25) is 0 Å². The number of likely N-dealkylation sites (N-methyl/N-ethyl adjacent to an activating group) is 1. The van der Waals surface area contributed by atoms with Gasteiger partial charge in [0.15, 0.2) is 0 Å². The van der Waals surface area contributed by atoms with E-state index in [4.69, 9.17) is 9.47 Å². The van der Waals surface area contributed by atoms with Crippen molar-refractivity contribution in [2.45, 2.75) is 47.1 Å². The zero-order chi connectivity index (χ0) is 26.2. The number of benzene rings is 2. The lowest BCUT2D eigenvalue weighted by atomic mass is 9.94. The number of likely N-dealkylation sites (tertiary alicyclic amines) is 1. The Labute approximate surface area is 214 Å². The Morgan fingerprint density at radius 2 is 1.64 bits per heavy atom. The van der Waals surface area contributed by atoms with E-state index >= 15 is 0 Å². The molecule has 0 spiro atoms. The molecule has 0 bridgehead atoms. The summed E-state index contributed by atoms with van der Waals surface area (Å²) in [5.74, 6) is -0.0238. The van der Waals surface area contributed by atoms with Crippen molar-refractivity contribution in [3.63, 3.8) is 0 Å². The topological polar surface area (TPSA) is 79.3 Å². The standard InChI is InChI=1S/C29H38N2O5/c1-6-18-36-22-12-10-21(11-13-22)26-25(27(32)24-15-14-23(35-9-4)19-20(24)5)28(33)29(34)31(26)17-16-30(7-2)8-3/h10-15,19,26,32H,6-9,16-18H2,1-5H3/b27-25+. The van der Waals surface area contributed by atoms with Gasteiger partial charge in [-0.05, 0) is 74.8 Å². The molecule has 0 radical (unpaired) electrons. The van der Waals surface area contributed by atoms with Gasteiger partial charge in [-0.3, -0.25) is 9.59 Å². The predicted molar refractivity (Wildman–Crippen MR) is 141 cm³/mol. The maximum atomic E-state index is 13.3. The lowest BCUT2D eigenvalue weighted by molar-refractivity contribution is -0.140. The third-order valence-corrected chi connectivity index (χ3v) is 6.52. The number of carbonyl (C=O) groups excluding carboxylic acids is 2. The van der Waals surface area contributed by atoms with Crippen LogP contribution in [0.5, 0.6) is 11.5 Å². The van der Waals surface area contributed by atoms with Gasteiger partial charge in [0.1, 0.15) is 17.3 Å². The number of carbonyl (C=O) groups is 2. The SMILES string of the molecule is CCCOc1ccc(C2/C(=C(\O)c3ccc(OCC)cc3C)C(=O)C(=O)N2CCN(CC)CC)cc1. The number of aliphatic hydroxyl groups excluding tert-OH is 1. The zero-order valence-electron chi connectivity index (χ0n) is 22.0. The minimum absolute atomic E-state index is 0.106. The average molecular weight is 495 g/mol. The first-order chi connectivity index (χ1) is 17.4. The van der Waals surface area contributed by atoms with Crippen LogP contribution in [0, 0.1) is 6.92 Å². The molecule has 0 saturated carbocycles. The summed E-state index contributed by atoms with van der Waals surface area (Å²) in [6, 6.07) is 12.1. The van der Waals surface area contributed by atoms with Crippen molar-refractivity contribution in [3.05, 3.63) is 64.7 Å². The lowest BCUT2D eigenvalue weighted by Gasteiger charge is -2.28. The Morgan fingerprint density at radius 1 is 0.972 bits per heavy atom. The molecule has 1 amide bonds. The Kier molecular flexibility index (Phi) is 9.53. The fourth-order valence-corrected chi connectivity index (χ4v) is 4.52. The summed E-state index contributed by atoms with van der Waals surface area (Å²) in [4.78, 5) is 30.3. The smallest absolute Gasteiger partial charge is 0.295 e. The molecule has 1 heterocycles. The molecular formula is C29H38N2O5. The molecule has 1 atom stereocenters. The summed E-state index contributed by atoms with van der Waals surface area (Å²) < 4.78 is 11.3. The maximum Gasteiger partial charge on any atom is 0.295 e. The van der Waals surface area contributed by atoms with Gasteiger partial charge in [0, 0.05) is 18.7 Å². The monoisotopic (exact) mass is 494 g/mol. The van der Waals surface area contributed by atoms with E-state index in [1.165, 1.54) is 0 Å². The first-order valence-corrected chi connectivity index (χ1v) is 12.8. The van der Waals surface area contributed by atoms with Gasteiger partial charge in [0.25, 0.3) is 11.7 Å². The highest BCUT2D eigenvalue weighted by molar-refractivity contribution is 6.46. The largest absolute Gasteiger partial charge is 0.507 e. The first kappa shape index (κ1) is 27.3. The normalized spacial score (nSPS) is 17.2. The molecule has 1 aliphatic heterocycles. The van der Waals surface area contributed by atoms with Crippen LogP contribution < -0.4 is 9.47 Å². The van der Waals surface area contributed by atoms with E-state index in [0.717, 1.165) is 36.4 Å². The molecule has 1 unspecified atom stereocenters. The van der Waals surface area contributed by atoms with Gasteiger partial charge in [-0.15, -0.1) is 0 Å². The molecule has 1 N–H and O–H groups in total. The average Bonchev–Trinajstić information content (AvgIpc) is 3.13. The van der Waals surface area contributed by atoms with E-state index in [1.807, 2.05) is 51.1 Å². The highest BCUT2D eigenvalue weighted by atomic mass is 16.5. The summed E-state index contributed by atoms with van der Waals surface area (Å²) in [6.07, 6.45) is 0.898. The van der Waals surface area contributed by atoms with Crippen LogP contribution >= 0.6 is 0 Å². The van der Waals surface area contributed by atoms with Crippen LogP contribution in [0.3, 0.4) is 0 Å². The molecule has 7 nitrogen and oxygen atoms in total. The van der Waals surface area contributed by atoms with Gasteiger partial charge in [-0.1, -0.05) is 32.9 Å². The molecule has 194 valence electrons. The van der Waals surface area contributed by atoms with Crippen molar-refractivity contribution in [1.82, 2.24) is 9.80 Å². The van der Waals surface area contributed by atoms with E-state index < -0.39 is 17.7 Å². The van der Waals surface area contributed by atoms with Gasteiger partial charge in [0.05, 0.1) is 24.8 Å². The van der Waals surface area contributed by atoms with E-state index in [9.17, 15) is 14.7 Å². The molecule has 3 rings (SSSR count). The zero-order valence-corrected chi connectivity index (χ0v) is 22.0. The number of ether oxygens (including phenoxy) is 2. The fourth-order valence-electron chi connectivity index (χ4n) is 4.52. The van der Waals surface area contributed by atoms with Crippen molar-refractivity contribution < 1.29 is 24.2 Å². The molecule has 2 aromatic carbocycles. The van der Waals surface area contributed by atoms with E-state index in [0.29, 0.717) is 37.6 Å². The number of aryl methyl sites for hydroxylation is 1. The van der Waals surface area contributed by atoms with Gasteiger partial charge in [-0.2, -0.15) is 0 Å². The predicted octanol–water partition coefficient (Wildman–Crippen LogP) is 4.95. The highest BCUT2D eigenvalue weighted by Gasteiger charge is 2.46. The maximum absolute atomic E-state index is 13.3. The number of amides is 1. The summed E-state index contributed by atoms with van der Waals surface area (Å²) in [7, 11) is 0. The van der Waals surface area contributed by atoms with Crippen LogP contribution in [-0.4, -0.2) is 66.0 Å². The van der Waals surface area contributed by atoms with E-state index in [1.54, 1.807) is 17.0 Å². The van der Waals surface area contributed by atoms with Crippen LogP contribution in [0.15, 0.2) is 48.0 Å². The van der Waals surface area contributed by atoms with Crippen molar-refractivity contribution in [2.75, 3.05) is 39.4 Å². The third kappa shape index (κ3) is 5.90. The Hall–Kier alpha value is -3.32. The second kappa shape index (κ2) is 12.6. The minimum Gasteiger partial charge on any atom is -0.507 e. The lowest BCUT2D eigenvalue weighted by Crippen LogP contribution is -2.38. The van der Waals surface area contributed by atoms with Crippen molar-refractivity contribution in [1.29, 1.82) is 0 Å². The summed E-state index contributed by atoms with van der Waals surface area (Å²) in [5.41, 5.74) is 2.12. The van der Waals surface area contributed by atoms with Gasteiger partial charge < -0.3 is 24.4 Å². The quantitative estimate of drug-likeness (QED) is 0.256. The fraction of sp³-hybridized carbons (Fsp3) is 0.448. The van der Waals surface area contributed by atoms with E-state index in [-0.39, 0.29) is 11.3 Å². The van der Waals surface area contributed by atoms with Crippen molar-refractivity contribution in [3.8, 4) is 11.5 Å². The Balaban J connectivity index is 2.07. The number of aliphatic hydroxyl groups is 1. The minimum atomic E-state index is -0.688. The molecule has 1 saturated heterocycles. The molecule has 0 aromatic heterocycles. The van der Waals surface area contributed by atoms with Gasteiger partial charge in [-0.25, -0.2) is 0 Å². The van der Waals surface area contributed by atoms with Crippen LogP contribution in [-0.2, 0) is 9.59 Å². The second-order valence-corrected chi connectivity index (χ2v) is 8.85. The van der Waals surface area contributed by atoms with Gasteiger partial charge in [0.2, 0.25) is 0 Å². The number of rotatable bonds is 12. The molecule has 36 heavy (non-hydrogen) atoms. The number of Topliss-reactive ketones (excluding diaryl/α,β-unsaturated/α-hetero) is 1. The summed E-state index contributed by atoms with van der Waals surface area (Å²) in [6.45, 7) is 13.8. The molecule has 7 heteroatoms. The highest BCUT2D eigenvalue weighted by Crippen LogP contribution is 2.40. The van der Waals surface area contributed by atoms with Crippen LogP contribution in [0.4, 0.5) is 0 Å². The number of hydrogen-bond acceptors (Lipinski definition) is 6. The van der Waals surface area contributed by atoms with Crippen molar-refractivity contribution >= 4 is 17.4 Å². The number of nitrogens with zero attached hydrogens (tertiary/aromatic N) is 2. The van der Waals surface area contributed by atoms with Crippen molar-refractivity contribution in [2.24, 2.45) is 0 Å². The summed E-state index contributed by atoms with van der Waals surface area (Å²) >= 11 is 0. The van der Waals surface area contributed by atoms with Crippen LogP contribution in [0.25, 0.3) is 5.76 Å². The third-order valence-electron chi connectivity index (χ3n) is 6.52. The number of hydrogen-bond donors (Lipinski definition) is 1. The molecule has 1 aliphatic rings. The Morgan fingerprint density at radius 3 is 2.22 bits per heavy atom. The van der Waals surface area contributed by atoms with Crippen LogP contribution in [0.1, 0.15) is 56.8 Å². The Bertz CT molecular complexity index is 1090. The molecule has 1 fully saturated rings. The second-order valence-electron chi connectivity index (χ2n) is 8.85. The first-order valence-electron chi connectivity index (χ1n) is 12.8. The molecule has 2 aromatic rings. The van der Waals surface area contributed by atoms with E-state index in [2.05, 4.69) is 18.7 Å². The molecule has 0 aliphatic carbocycles. The molecular weight excluding hydrogens is 456 g/mol.